The molecular weight excluding hydrogens is 279 g/mol. The molecule has 19 heavy (non-hydrogen) atoms. The normalized spacial score (nSPS) is 15.4. The summed E-state index contributed by atoms with van der Waals surface area (Å²) in [6.45, 7) is 6.75. The molecule has 1 aliphatic heterocycles. The third-order valence-corrected chi connectivity index (χ3v) is 3.65. The molecule has 0 aromatic heterocycles. The van der Waals surface area contributed by atoms with Crippen LogP contribution >= 0.6 is 24.8 Å². The van der Waals surface area contributed by atoms with Crippen LogP contribution in [0.15, 0.2) is 24.3 Å². The van der Waals surface area contributed by atoms with Crippen LogP contribution in [0.1, 0.15) is 30.9 Å². The summed E-state index contributed by atoms with van der Waals surface area (Å²) in [5, 5.41) is 6.99. The van der Waals surface area contributed by atoms with Crippen molar-refractivity contribution in [3.05, 3.63) is 35.4 Å². The van der Waals surface area contributed by atoms with Gasteiger partial charge in [0.05, 0.1) is 0 Å². The number of hydrogen-bond donors (Lipinski definition) is 2. The first-order chi connectivity index (χ1) is 8.38. The lowest BCUT2D eigenvalue weighted by Gasteiger charge is -2.22. The lowest BCUT2D eigenvalue weighted by Crippen LogP contribution is -2.33. The molecule has 0 spiro atoms. The van der Waals surface area contributed by atoms with Gasteiger partial charge in [-0.05, 0) is 55.9 Å². The molecule has 2 N–H and O–H groups in total. The van der Waals surface area contributed by atoms with E-state index in [2.05, 4.69) is 41.8 Å². The van der Waals surface area contributed by atoms with Gasteiger partial charge in [0.15, 0.2) is 0 Å². The highest BCUT2D eigenvalue weighted by Crippen LogP contribution is 2.10. The molecular formula is C15H26Cl2N2. The SMILES string of the molecule is CCc1ccc(CNCC2CCNCC2)cc1.Cl.Cl. The summed E-state index contributed by atoms with van der Waals surface area (Å²) in [5.41, 5.74) is 2.82. The number of rotatable bonds is 5. The van der Waals surface area contributed by atoms with Crippen molar-refractivity contribution in [1.82, 2.24) is 10.6 Å². The fourth-order valence-electron chi connectivity index (χ4n) is 2.40. The molecule has 1 saturated heterocycles. The molecule has 0 saturated carbocycles. The van der Waals surface area contributed by atoms with Crippen LogP contribution in [0.25, 0.3) is 0 Å². The zero-order valence-corrected chi connectivity index (χ0v) is 13.3. The van der Waals surface area contributed by atoms with E-state index in [0.29, 0.717) is 0 Å². The van der Waals surface area contributed by atoms with E-state index in [1.165, 1.54) is 37.1 Å². The summed E-state index contributed by atoms with van der Waals surface area (Å²) >= 11 is 0. The van der Waals surface area contributed by atoms with Crippen LogP contribution in [0.4, 0.5) is 0 Å². The van der Waals surface area contributed by atoms with Crippen molar-refractivity contribution in [2.24, 2.45) is 5.92 Å². The van der Waals surface area contributed by atoms with Gasteiger partial charge in [0.1, 0.15) is 0 Å². The Morgan fingerprint density at radius 1 is 1.05 bits per heavy atom. The van der Waals surface area contributed by atoms with Crippen molar-refractivity contribution in [3.63, 3.8) is 0 Å². The van der Waals surface area contributed by atoms with Crippen LogP contribution in [0.2, 0.25) is 0 Å². The number of halogens is 2. The fourth-order valence-corrected chi connectivity index (χ4v) is 2.40. The second-order valence-electron chi connectivity index (χ2n) is 4.99. The van der Waals surface area contributed by atoms with E-state index in [9.17, 15) is 0 Å². The smallest absolute Gasteiger partial charge is 0.0205 e. The lowest BCUT2D eigenvalue weighted by atomic mass is 9.98. The standard InChI is InChI=1S/C15H24N2.2ClH/c1-2-13-3-5-14(6-4-13)11-17-12-15-7-9-16-10-8-15;;/h3-6,15-17H,2,7-12H2,1H3;2*1H. The van der Waals surface area contributed by atoms with Crippen molar-refractivity contribution in [3.8, 4) is 0 Å². The summed E-state index contributed by atoms with van der Waals surface area (Å²) in [4.78, 5) is 0. The van der Waals surface area contributed by atoms with Crippen LogP contribution < -0.4 is 10.6 Å². The maximum Gasteiger partial charge on any atom is 0.0205 e. The Balaban J connectivity index is 0.00000162. The molecule has 0 radical (unpaired) electrons. The van der Waals surface area contributed by atoms with Gasteiger partial charge < -0.3 is 10.6 Å². The van der Waals surface area contributed by atoms with Crippen molar-refractivity contribution in [2.75, 3.05) is 19.6 Å². The number of benzene rings is 1. The van der Waals surface area contributed by atoms with Gasteiger partial charge in [-0.15, -0.1) is 24.8 Å². The Bertz CT molecular complexity index is 321. The fraction of sp³-hybridized carbons (Fsp3) is 0.600. The van der Waals surface area contributed by atoms with E-state index in [4.69, 9.17) is 0 Å². The summed E-state index contributed by atoms with van der Waals surface area (Å²) in [7, 11) is 0. The average molecular weight is 305 g/mol. The van der Waals surface area contributed by atoms with Crippen LogP contribution in [-0.2, 0) is 13.0 Å². The second-order valence-corrected chi connectivity index (χ2v) is 4.99. The average Bonchev–Trinajstić information content (AvgIpc) is 2.41. The maximum atomic E-state index is 3.58. The minimum Gasteiger partial charge on any atom is -0.317 e. The van der Waals surface area contributed by atoms with Crippen LogP contribution in [0, 0.1) is 5.92 Å². The number of piperidine rings is 1. The zero-order chi connectivity index (χ0) is 11.9. The van der Waals surface area contributed by atoms with Crippen LogP contribution in [-0.4, -0.2) is 19.6 Å². The van der Waals surface area contributed by atoms with E-state index < -0.39 is 0 Å². The lowest BCUT2D eigenvalue weighted by molar-refractivity contribution is 0.356. The summed E-state index contributed by atoms with van der Waals surface area (Å²) in [5.74, 6) is 0.867. The Labute approximate surface area is 129 Å². The largest absolute Gasteiger partial charge is 0.317 e. The minimum atomic E-state index is 0. The highest BCUT2D eigenvalue weighted by atomic mass is 35.5. The first kappa shape index (κ1) is 18.7. The quantitative estimate of drug-likeness (QED) is 0.873. The topological polar surface area (TPSA) is 24.1 Å². The molecule has 4 heteroatoms. The van der Waals surface area contributed by atoms with Gasteiger partial charge in [-0.1, -0.05) is 31.2 Å². The van der Waals surface area contributed by atoms with Gasteiger partial charge in [-0.25, -0.2) is 0 Å². The van der Waals surface area contributed by atoms with Crippen molar-refractivity contribution < 1.29 is 0 Å². The molecule has 0 amide bonds. The predicted octanol–water partition coefficient (Wildman–Crippen LogP) is 3.18. The summed E-state index contributed by atoms with van der Waals surface area (Å²) in [6, 6.07) is 8.96. The van der Waals surface area contributed by atoms with E-state index in [0.717, 1.165) is 25.4 Å². The molecule has 1 heterocycles. The van der Waals surface area contributed by atoms with Gasteiger partial charge in [0, 0.05) is 6.54 Å². The third kappa shape index (κ3) is 6.62. The van der Waals surface area contributed by atoms with Crippen LogP contribution in [0.5, 0.6) is 0 Å². The van der Waals surface area contributed by atoms with Gasteiger partial charge >= 0.3 is 0 Å². The van der Waals surface area contributed by atoms with Crippen LogP contribution in [0.3, 0.4) is 0 Å². The van der Waals surface area contributed by atoms with E-state index in [-0.39, 0.29) is 24.8 Å². The molecule has 2 rings (SSSR count). The van der Waals surface area contributed by atoms with Crippen molar-refractivity contribution in [1.29, 1.82) is 0 Å². The highest BCUT2D eigenvalue weighted by molar-refractivity contribution is 5.85. The Hall–Kier alpha value is -0.280. The summed E-state index contributed by atoms with van der Waals surface area (Å²) in [6.07, 6.45) is 3.77. The first-order valence-corrected chi connectivity index (χ1v) is 6.87. The van der Waals surface area contributed by atoms with Gasteiger partial charge in [0.2, 0.25) is 0 Å². The highest BCUT2D eigenvalue weighted by Gasteiger charge is 2.11. The predicted molar refractivity (Wildman–Crippen MR) is 87.6 cm³/mol. The number of nitrogens with one attached hydrogen (secondary N) is 2. The second kappa shape index (κ2) is 10.5. The summed E-state index contributed by atoms with van der Waals surface area (Å²) < 4.78 is 0. The Morgan fingerprint density at radius 3 is 2.21 bits per heavy atom. The van der Waals surface area contributed by atoms with E-state index in [1.807, 2.05) is 0 Å². The van der Waals surface area contributed by atoms with Gasteiger partial charge in [0.25, 0.3) is 0 Å². The molecule has 0 unspecified atom stereocenters. The van der Waals surface area contributed by atoms with Crippen molar-refractivity contribution >= 4 is 24.8 Å². The maximum absolute atomic E-state index is 3.58. The molecule has 0 bridgehead atoms. The third-order valence-electron chi connectivity index (χ3n) is 3.65. The van der Waals surface area contributed by atoms with Gasteiger partial charge in [-0.2, -0.15) is 0 Å². The molecule has 110 valence electrons. The minimum absolute atomic E-state index is 0. The Morgan fingerprint density at radius 2 is 1.63 bits per heavy atom. The molecule has 1 fully saturated rings. The van der Waals surface area contributed by atoms with Crippen molar-refractivity contribution in [2.45, 2.75) is 32.7 Å². The first-order valence-electron chi connectivity index (χ1n) is 6.87. The monoisotopic (exact) mass is 304 g/mol. The van der Waals surface area contributed by atoms with E-state index >= 15 is 0 Å². The Kier molecular flexibility index (Phi) is 10.3. The molecule has 2 nitrogen and oxygen atoms in total. The molecule has 1 aromatic carbocycles. The number of aryl methyl sites for hydroxylation is 1. The number of hydrogen-bond acceptors (Lipinski definition) is 2. The molecule has 1 aromatic rings. The molecule has 0 aliphatic carbocycles. The van der Waals surface area contributed by atoms with E-state index in [1.54, 1.807) is 0 Å². The molecule has 0 atom stereocenters. The zero-order valence-electron chi connectivity index (χ0n) is 11.7. The molecule has 1 aliphatic rings. The van der Waals surface area contributed by atoms with Gasteiger partial charge in [-0.3, -0.25) is 0 Å².